The van der Waals surface area contributed by atoms with Gasteiger partial charge in [-0.25, -0.2) is 0 Å². The Morgan fingerprint density at radius 3 is 2.45 bits per heavy atom. The number of nitrogens with zero attached hydrogens (tertiary/aromatic N) is 1. The van der Waals surface area contributed by atoms with Crippen LogP contribution >= 0.6 is 0 Å². The second kappa shape index (κ2) is 5.17. The predicted molar refractivity (Wildman–Crippen MR) is 45.2 cm³/mol. The first kappa shape index (κ1) is 8.58. The van der Waals surface area contributed by atoms with E-state index in [1.54, 1.807) is 0 Å². The second-order valence-electron chi connectivity index (χ2n) is 2.85. The van der Waals surface area contributed by atoms with E-state index in [4.69, 9.17) is 5.11 Å². The molecule has 11 heavy (non-hydrogen) atoms. The van der Waals surface area contributed by atoms with E-state index in [2.05, 4.69) is 16.7 Å². The van der Waals surface area contributed by atoms with Crippen LogP contribution in [0, 0.1) is 11.8 Å². The highest BCUT2D eigenvalue weighted by molar-refractivity contribution is 5.01. The van der Waals surface area contributed by atoms with Crippen molar-refractivity contribution >= 4 is 0 Å². The van der Waals surface area contributed by atoms with Gasteiger partial charge >= 0.3 is 0 Å². The molecule has 0 saturated carbocycles. The minimum atomic E-state index is -0.00611. The molecule has 0 aromatic rings. The number of likely N-dealkylation sites (tertiary alicyclic amines) is 1. The third-order valence-corrected chi connectivity index (χ3v) is 1.96. The molecule has 0 amide bonds. The van der Waals surface area contributed by atoms with E-state index in [0.29, 0.717) is 0 Å². The summed E-state index contributed by atoms with van der Waals surface area (Å²) >= 11 is 0. The summed E-state index contributed by atoms with van der Waals surface area (Å²) in [6.45, 7) is 3.19. The Kier molecular flexibility index (Phi) is 4.03. The molecule has 0 unspecified atom stereocenters. The third kappa shape index (κ3) is 3.41. The summed E-state index contributed by atoms with van der Waals surface area (Å²) in [5.74, 6) is 5.59. The fraction of sp³-hybridized carbons (Fsp3) is 0.778. The molecule has 2 nitrogen and oxygen atoms in total. The van der Waals surface area contributed by atoms with E-state index in [0.717, 1.165) is 6.54 Å². The van der Waals surface area contributed by atoms with Crippen LogP contribution in [0.25, 0.3) is 0 Å². The van der Waals surface area contributed by atoms with Gasteiger partial charge in [-0.1, -0.05) is 18.3 Å². The molecule has 1 rings (SSSR count). The van der Waals surface area contributed by atoms with Crippen molar-refractivity contribution in [3.63, 3.8) is 0 Å². The van der Waals surface area contributed by atoms with Crippen LogP contribution in [0.4, 0.5) is 0 Å². The molecule has 62 valence electrons. The summed E-state index contributed by atoms with van der Waals surface area (Å²) in [6, 6.07) is 0. The van der Waals surface area contributed by atoms with Crippen LogP contribution in [-0.4, -0.2) is 36.2 Å². The lowest BCUT2D eigenvalue weighted by Crippen LogP contribution is -2.29. The summed E-state index contributed by atoms with van der Waals surface area (Å²) in [6.07, 6.45) is 3.98. The lowest BCUT2D eigenvalue weighted by Gasteiger charge is -2.23. The summed E-state index contributed by atoms with van der Waals surface area (Å²) < 4.78 is 0. The minimum Gasteiger partial charge on any atom is -0.384 e. The first-order chi connectivity index (χ1) is 5.43. The average Bonchev–Trinajstić information content (AvgIpc) is 2.07. The van der Waals surface area contributed by atoms with Crippen LogP contribution in [0.3, 0.4) is 0 Å². The highest BCUT2D eigenvalue weighted by Crippen LogP contribution is 2.06. The van der Waals surface area contributed by atoms with Crippen molar-refractivity contribution in [2.45, 2.75) is 19.3 Å². The van der Waals surface area contributed by atoms with Gasteiger partial charge in [0.15, 0.2) is 0 Å². The van der Waals surface area contributed by atoms with Crippen LogP contribution in [-0.2, 0) is 0 Å². The molecule has 0 aliphatic carbocycles. The van der Waals surface area contributed by atoms with Gasteiger partial charge in [0.1, 0.15) is 6.61 Å². The maximum absolute atomic E-state index is 8.40. The summed E-state index contributed by atoms with van der Waals surface area (Å²) in [7, 11) is 0. The van der Waals surface area contributed by atoms with Crippen LogP contribution in [0.2, 0.25) is 0 Å². The molecule has 1 heterocycles. The van der Waals surface area contributed by atoms with Crippen molar-refractivity contribution in [2.75, 3.05) is 26.2 Å². The lowest BCUT2D eigenvalue weighted by atomic mass is 10.1. The molecule has 1 N–H and O–H groups in total. The SMILES string of the molecule is OCC#CCN1CCCCC1. The summed E-state index contributed by atoms with van der Waals surface area (Å²) in [5, 5.41) is 8.40. The normalized spacial score (nSPS) is 19.0. The maximum Gasteiger partial charge on any atom is 0.104 e. The summed E-state index contributed by atoms with van der Waals surface area (Å²) in [4.78, 5) is 2.34. The zero-order valence-electron chi connectivity index (χ0n) is 6.84. The number of aliphatic hydroxyl groups is 1. The molecule has 0 bridgehead atoms. The van der Waals surface area contributed by atoms with Crippen molar-refractivity contribution < 1.29 is 5.11 Å². The van der Waals surface area contributed by atoms with Gasteiger partial charge in [0, 0.05) is 0 Å². The van der Waals surface area contributed by atoms with Gasteiger partial charge in [-0.15, -0.1) is 0 Å². The highest BCUT2D eigenvalue weighted by Gasteiger charge is 2.06. The van der Waals surface area contributed by atoms with Gasteiger partial charge in [-0.2, -0.15) is 0 Å². The van der Waals surface area contributed by atoms with Crippen molar-refractivity contribution in [3.05, 3.63) is 0 Å². The molecule has 1 saturated heterocycles. The van der Waals surface area contributed by atoms with Gasteiger partial charge in [0.2, 0.25) is 0 Å². The van der Waals surface area contributed by atoms with Crippen LogP contribution in [0.5, 0.6) is 0 Å². The van der Waals surface area contributed by atoms with Crippen molar-refractivity contribution in [3.8, 4) is 11.8 Å². The van der Waals surface area contributed by atoms with E-state index in [1.165, 1.54) is 32.4 Å². The highest BCUT2D eigenvalue weighted by atomic mass is 16.2. The predicted octanol–water partition coefficient (Wildman–Crippen LogP) is 0.468. The quantitative estimate of drug-likeness (QED) is 0.553. The molecule has 1 fully saturated rings. The fourth-order valence-electron chi connectivity index (χ4n) is 1.34. The number of hydrogen-bond acceptors (Lipinski definition) is 2. The van der Waals surface area contributed by atoms with Crippen LogP contribution in [0.15, 0.2) is 0 Å². The zero-order chi connectivity index (χ0) is 7.94. The maximum atomic E-state index is 8.40. The molecular formula is C9H15NO. The average molecular weight is 153 g/mol. The first-order valence-corrected chi connectivity index (χ1v) is 4.22. The zero-order valence-corrected chi connectivity index (χ0v) is 6.84. The standard InChI is InChI=1S/C9H15NO/c11-9-5-4-8-10-6-2-1-3-7-10/h11H,1-3,6-9H2. The van der Waals surface area contributed by atoms with Gasteiger partial charge in [-0.3, -0.25) is 4.90 Å². The molecule has 0 spiro atoms. The van der Waals surface area contributed by atoms with Crippen LogP contribution < -0.4 is 0 Å². The Hall–Kier alpha value is -0.520. The van der Waals surface area contributed by atoms with Gasteiger partial charge < -0.3 is 5.11 Å². The summed E-state index contributed by atoms with van der Waals surface area (Å²) in [5.41, 5.74) is 0. The Morgan fingerprint density at radius 1 is 1.09 bits per heavy atom. The fourth-order valence-corrected chi connectivity index (χ4v) is 1.34. The van der Waals surface area contributed by atoms with Crippen molar-refractivity contribution in [1.82, 2.24) is 4.90 Å². The molecule has 1 aliphatic heterocycles. The molecule has 0 aromatic carbocycles. The van der Waals surface area contributed by atoms with E-state index < -0.39 is 0 Å². The van der Waals surface area contributed by atoms with E-state index >= 15 is 0 Å². The number of aliphatic hydroxyl groups excluding tert-OH is 1. The number of rotatable bonds is 1. The Bertz CT molecular complexity index is 151. The molecule has 2 heteroatoms. The number of hydrogen-bond donors (Lipinski definition) is 1. The Labute approximate surface area is 68.2 Å². The minimum absolute atomic E-state index is 0.00611. The largest absolute Gasteiger partial charge is 0.384 e. The molecule has 0 atom stereocenters. The molecule has 1 aliphatic rings. The topological polar surface area (TPSA) is 23.5 Å². The van der Waals surface area contributed by atoms with E-state index in [-0.39, 0.29) is 6.61 Å². The smallest absolute Gasteiger partial charge is 0.104 e. The lowest BCUT2D eigenvalue weighted by molar-refractivity contribution is 0.255. The van der Waals surface area contributed by atoms with Gasteiger partial charge in [0.25, 0.3) is 0 Å². The first-order valence-electron chi connectivity index (χ1n) is 4.22. The Morgan fingerprint density at radius 2 is 1.82 bits per heavy atom. The van der Waals surface area contributed by atoms with Gasteiger partial charge in [0.05, 0.1) is 6.54 Å². The third-order valence-electron chi connectivity index (χ3n) is 1.96. The van der Waals surface area contributed by atoms with Crippen molar-refractivity contribution in [2.24, 2.45) is 0 Å². The number of piperidine rings is 1. The second-order valence-corrected chi connectivity index (χ2v) is 2.85. The van der Waals surface area contributed by atoms with E-state index in [1.807, 2.05) is 0 Å². The van der Waals surface area contributed by atoms with E-state index in [9.17, 15) is 0 Å². The van der Waals surface area contributed by atoms with Gasteiger partial charge in [-0.05, 0) is 25.9 Å². The van der Waals surface area contributed by atoms with Crippen LogP contribution in [0.1, 0.15) is 19.3 Å². The molecular weight excluding hydrogens is 138 g/mol. The Balaban J connectivity index is 2.14. The van der Waals surface area contributed by atoms with Crippen molar-refractivity contribution in [1.29, 1.82) is 0 Å². The molecule has 0 radical (unpaired) electrons. The molecule has 0 aromatic heterocycles. The monoisotopic (exact) mass is 153 g/mol.